The smallest absolute Gasteiger partial charge is 0.325 e. The van der Waals surface area contributed by atoms with Crippen molar-refractivity contribution >= 4 is 23.3 Å². The number of fused-ring (bicyclic) bond motifs is 1. The third kappa shape index (κ3) is 2.94. The molecule has 0 radical (unpaired) electrons. The standard InChI is InChI=1S/C20H17N3O5S/c1-20(12-4-5-14-15(9-12)27-7-6-26-14)18(24)23(19(25)22-20)10-13-11-28-17(21-13)16-3-2-8-29-16/h2-5,8-9,11H,6-7,10H2,1H3,(H,22,25)/t20-/m0/s1. The highest BCUT2D eigenvalue weighted by Crippen LogP contribution is 2.37. The molecule has 29 heavy (non-hydrogen) atoms. The van der Waals surface area contributed by atoms with Crippen LogP contribution in [0.25, 0.3) is 10.8 Å². The van der Waals surface area contributed by atoms with Gasteiger partial charge in [-0.05, 0) is 36.1 Å². The molecule has 0 saturated carbocycles. The Kier molecular flexibility index (Phi) is 4.06. The lowest BCUT2D eigenvalue weighted by atomic mass is 9.91. The number of rotatable bonds is 4. The van der Waals surface area contributed by atoms with E-state index in [9.17, 15) is 9.59 Å². The fraction of sp³-hybridized carbons (Fsp3) is 0.250. The van der Waals surface area contributed by atoms with Crippen molar-refractivity contribution in [1.29, 1.82) is 0 Å². The average molecular weight is 411 g/mol. The molecule has 0 spiro atoms. The molecule has 3 aromatic rings. The fourth-order valence-electron chi connectivity index (χ4n) is 3.45. The minimum absolute atomic E-state index is 0.0275. The van der Waals surface area contributed by atoms with Crippen molar-refractivity contribution in [2.45, 2.75) is 19.0 Å². The van der Waals surface area contributed by atoms with Gasteiger partial charge in [0.2, 0.25) is 5.89 Å². The van der Waals surface area contributed by atoms with E-state index in [0.717, 1.165) is 9.78 Å². The first kappa shape index (κ1) is 17.7. The van der Waals surface area contributed by atoms with E-state index in [1.54, 1.807) is 25.1 Å². The lowest BCUT2D eigenvalue weighted by Gasteiger charge is -2.25. The zero-order chi connectivity index (χ0) is 20.0. The Labute approximate surface area is 170 Å². The summed E-state index contributed by atoms with van der Waals surface area (Å²) in [5, 5.41) is 4.72. The van der Waals surface area contributed by atoms with E-state index in [2.05, 4.69) is 10.3 Å². The highest BCUT2D eigenvalue weighted by molar-refractivity contribution is 7.13. The number of thiophene rings is 1. The molecule has 8 nitrogen and oxygen atoms in total. The van der Waals surface area contributed by atoms with E-state index >= 15 is 0 Å². The summed E-state index contributed by atoms with van der Waals surface area (Å²) < 4.78 is 16.6. The molecule has 2 aromatic heterocycles. The minimum atomic E-state index is -1.20. The van der Waals surface area contributed by atoms with Gasteiger partial charge in [-0.25, -0.2) is 9.78 Å². The Morgan fingerprint density at radius 3 is 2.83 bits per heavy atom. The second-order valence-corrected chi connectivity index (χ2v) is 7.87. The molecule has 0 bridgehead atoms. The van der Waals surface area contributed by atoms with Gasteiger partial charge >= 0.3 is 6.03 Å². The topological polar surface area (TPSA) is 93.9 Å². The number of carbonyl (C=O) groups is 2. The monoisotopic (exact) mass is 411 g/mol. The summed E-state index contributed by atoms with van der Waals surface area (Å²) in [6.45, 7) is 2.63. The fourth-order valence-corrected chi connectivity index (χ4v) is 4.10. The molecule has 148 valence electrons. The van der Waals surface area contributed by atoms with Gasteiger partial charge in [0.1, 0.15) is 25.0 Å². The highest BCUT2D eigenvalue weighted by atomic mass is 32.1. The van der Waals surface area contributed by atoms with Crippen molar-refractivity contribution < 1.29 is 23.5 Å². The van der Waals surface area contributed by atoms with E-state index in [-0.39, 0.29) is 12.5 Å². The lowest BCUT2D eigenvalue weighted by molar-refractivity contribution is -0.131. The predicted molar refractivity (Wildman–Crippen MR) is 104 cm³/mol. The van der Waals surface area contributed by atoms with Crippen LogP contribution in [0.2, 0.25) is 0 Å². The molecule has 2 aliphatic rings. The first-order chi connectivity index (χ1) is 14.0. The molecule has 1 aromatic carbocycles. The van der Waals surface area contributed by atoms with Crippen molar-refractivity contribution in [2.75, 3.05) is 13.2 Å². The molecule has 0 aliphatic carbocycles. The second kappa shape index (κ2) is 6.63. The van der Waals surface area contributed by atoms with Crippen molar-refractivity contribution in [3.63, 3.8) is 0 Å². The van der Waals surface area contributed by atoms with Gasteiger partial charge in [-0.15, -0.1) is 11.3 Å². The van der Waals surface area contributed by atoms with Crippen LogP contribution in [0, 0.1) is 0 Å². The zero-order valence-electron chi connectivity index (χ0n) is 15.5. The number of ether oxygens (including phenoxy) is 2. The number of nitrogens with zero attached hydrogens (tertiary/aromatic N) is 2. The number of benzene rings is 1. The molecule has 1 fully saturated rings. The van der Waals surface area contributed by atoms with E-state index in [1.807, 2.05) is 17.5 Å². The van der Waals surface area contributed by atoms with Crippen LogP contribution in [-0.2, 0) is 16.9 Å². The highest BCUT2D eigenvalue weighted by Gasteiger charge is 2.49. The number of carbonyl (C=O) groups excluding carboxylic acids is 2. The summed E-state index contributed by atoms with van der Waals surface area (Å²) in [7, 11) is 0. The lowest BCUT2D eigenvalue weighted by Crippen LogP contribution is -2.41. The number of urea groups is 1. The molecule has 0 unspecified atom stereocenters. The molecule has 1 N–H and O–H groups in total. The summed E-state index contributed by atoms with van der Waals surface area (Å²) in [4.78, 5) is 32.2. The van der Waals surface area contributed by atoms with Gasteiger partial charge in [0, 0.05) is 0 Å². The Hall–Kier alpha value is -3.33. The van der Waals surface area contributed by atoms with E-state index in [0.29, 0.717) is 41.9 Å². The predicted octanol–water partition coefficient (Wildman–Crippen LogP) is 3.14. The number of aromatic nitrogens is 1. The van der Waals surface area contributed by atoms with E-state index in [4.69, 9.17) is 13.9 Å². The zero-order valence-corrected chi connectivity index (χ0v) is 16.3. The Morgan fingerprint density at radius 1 is 1.21 bits per heavy atom. The third-order valence-corrected chi connectivity index (χ3v) is 5.86. The molecule has 1 atom stereocenters. The maximum atomic E-state index is 13.2. The summed E-state index contributed by atoms with van der Waals surface area (Å²) in [6, 6.07) is 8.57. The van der Waals surface area contributed by atoms with Crippen LogP contribution in [0.3, 0.4) is 0 Å². The summed E-state index contributed by atoms with van der Waals surface area (Å²) >= 11 is 1.50. The van der Waals surface area contributed by atoms with E-state index in [1.165, 1.54) is 17.6 Å². The number of oxazole rings is 1. The van der Waals surface area contributed by atoms with Crippen LogP contribution < -0.4 is 14.8 Å². The maximum Gasteiger partial charge on any atom is 0.325 e. The Morgan fingerprint density at radius 2 is 2.03 bits per heavy atom. The minimum Gasteiger partial charge on any atom is -0.486 e. The van der Waals surface area contributed by atoms with Gasteiger partial charge in [0.25, 0.3) is 5.91 Å². The molecular formula is C20H17N3O5S. The van der Waals surface area contributed by atoms with Gasteiger partial charge in [0.05, 0.1) is 17.1 Å². The van der Waals surface area contributed by atoms with Crippen LogP contribution in [-0.4, -0.2) is 35.0 Å². The van der Waals surface area contributed by atoms with Crippen molar-refractivity contribution in [1.82, 2.24) is 15.2 Å². The summed E-state index contributed by atoms with van der Waals surface area (Å²) in [5.41, 5.74) is -0.0712. The van der Waals surface area contributed by atoms with Crippen LogP contribution in [0.15, 0.2) is 46.4 Å². The largest absolute Gasteiger partial charge is 0.486 e. The molecule has 2 aliphatic heterocycles. The van der Waals surface area contributed by atoms with E-state index < -0.39 is 11.6 Å². The molecule has 9 heteroatoms. The van der Waals surface area contributed by atoms with Crippen molar-refractivity contribution in [3.8, 4) is 22.3 Å². The van der Waals surface area contributed by atoms with Crippen LogP contribution in [0.4, 0.5) is 4.79 Å². The van der Waals surface area contributed by atoms with Crippen LogP contribution >= 0.6 is 11.3 Å². The number of hydrogen-bond donors (Lipinski definition) is 1. The van der Waals surface area contributed by atoms with Gasteiger partial charge in [0.15, 0.2) is 11.5 Å². The molecule has 4 heterocycles. The Bertz CT molecular complexity index is 1090. The van der Waals surface area contributed by atoms with Crippen LogP contribution in [0.1, 0.15) is 18.2 Å². The maximum absolute atomic E-state index is 13.2. The number of nitrogens with one attached hydrogen (secondary N) is 1. The summed E-state index contributed by atoms with van der Waals surface area (Å²) in [5.74, 6) is 1.30. The first-order valence-electron chi connectivity index (χ1n) is 9.07. The number of hydrogen-bond acceptors (Lipinski definition) is 7. The molecule has 1 saturated heterocycles. The van der Waals surface area contributed by atoms with Gasteiger partial charge < -0.3 is 19.2 Å². The number of amides is 3. The molecule has 5 rings (SSSR count). The normalized spacial score (nSPS) is 20.8. The molecule has 3 amide bonds. The molecular weight excluding hydrogens is 394 g/mol. The number of imide groups is 1. The van der Waals surface area contributed by atoms with Gasteiger partial charge in [-0.1, -0.05) is 12.1 Å². The summed E-state index contributed by atoms with van der Waals surface area (Å²) in [6.07, 6.45) is 1.47. The van der Waals surface area contributed by atoms with Crippen LogP contribution in [0.5, 0.6) is 11.5 Å². The van der Waals surface area contributed by atoms with Gasteiger partial charge in [-0.3, -0.25) is 9.69 Å². The Balaban J connectivity index is 1.39. The quantitative estimate of drug-likeness (QED) is 0.663. The third-order valence-electron chi connectivity index (χ3n) is 5.00. The van der Waals surface area contributed by atoms with Crippen molar-refractivity contribution in [2.24, 2.45) is 0 Å². The second-order valence-electron chi connectivity index (χ2n) is 6.93. The average Bonchev–Trinajstić information content (AvgIpc) is 3.46. The van der Waals surface area contributed by atoms with Gasteiger partial charge in [-0.2, -0.15) is 0 Å². The first-order valence-corrected chi connectivity index (χ1v) is 9.95. The SMILES string of the molecule is C[C@@]1(c2ccc3c(c2)OCCO3)NC(=O)N(Cc2coc(-c3cccs3)n2)C1=O. The van der Waals surface area contributed by atoms with Crippen molar-refractivity contribution in [3.05, 3.63) is 53.2 Å².